The molecule has 1 aliphatic rings. The standard InChI is InChI=1S/C27H32N4O2/c1-3-17-33-24-12-8-21(9-13-24)18-29-27(32)23-5-4-16-31(19-23)25-14-15-28-26(30-25)22-10-6-20(2)7-11-22/h6-15,23H,3-5,16-19H2,1-2H3,(H,29,32)/t23-/m0/s1. The Morgan fingerprint density at radius 3 is 2.67 bits per heavy atom. The Bertz CT molecular complexity index is 1050. The summed E-state index contributed by atoms with van der Waals surface area (Å²) >= 11 is 0. The molecule has 33 heavy (non-hydrogen) atoms. The second kappa shape index (κ2) is 10.9. The predicted octanol–water partition coefficient (Wildman–Crippen LogP) is 4.77. The third-order valence-corrected chi connectivity index (χ3v) is 5.93. The summed E-state index contributed by atoms with van der Waals surface area (Å²) in [6, 6.07) is 18.1. The summed E-state index contributed by atoms with van der Waals surface area (Å²) in [5.41, 5.74) is 3.28. The van der Waals surface area contributed by atoms with Crippen molar-refractivity contribution in [1.82, 2.24) is 15.3 Å². The number of anilines is 1. The molecule has 1 amide bonds. The van der Waals surface area contributed by atoms with Gasteiger partial charge >= 0.3 is 0 Å². The second-order valence-electron chi connectivity index (χ2n) is 8.60. The van der Waals surface area contributed by atoms with Crippen LogP contribution >= 0.6 is 0 Å². The Kier molecular flexibility index (Phi) is 7.55. The Morgan fingerprint density at radius 2 is 1.91 bits per heavy atom. The molecule has 6 heteroatoms. The molecule has 6 nitrogen and oxygen atoms in total. The smallest absolute Gasteiger partial charge is 0.225 e. The molecule has 0 radical (unpaired) electrons. The van der Waals surface area contributed by atoms with Crippen LogP contribution in [-0.4, -0.2) is 35.6 Å². The molecular formula is C27H32N4O2. The van der Waals surface area contributed by atoms with E-state index in [0.717, 1.165) is 48.5 Å². The molecular weight excluding hydrogens is 412 g/mol. The summed E-state index contributed by atoms with van der Waals surface area (Å²) < 4.78 is 5.62. The third-order valence-electron chi connectivity index (χ3n) is 5.93. The lowest BCUT2D eigenvalue weighted by atomic mass is 9.97. The number of ether oxygens (including phenoxy) is 1. The number of aromatic nitrogens is 2. The molecule has 1 aromatic heterocycles. The maximum Gasteiger partial charge on any atom is 0.225 e. The molecule has 3 aromatic rings. The number of carbonyl (C=O) groups excluding carboxylic acids is 1. The van der Waals surface area contributed by atoms with Crippen molar-refractivity contribution in [1.29, 1.82) is 0 Å². The van der Waals surface area contributed by atoms with Crippen LogP contribution in [0.4, 0.5) is 5.82 Å². The lowest BCUT2D eigenvalue weighted by molar-refractivity contribution is -0.125. The molecule has 0 bridgehead atoms. The quantitative estimate of drug-likeness (QED) is 0.542. The van der Waals surface area contributed by atoms with Gasteiger partial charge in [-0.25, -0.2) is 9.97 Å². The van der Waals surface area contributed by atoms with E-state index in [2.05, 4.69) is 41.2 Å². The maximum absolute atomic E-state index is 12.9. The van der Waals surface area contributed by atoms with E-state index in [-0.39, 0.29) is 11.8 Å². The first-order valence-corrected chi connectivity index (χ1v) is 11.8. The SMILES string of the molecule is CCCOc1ccc(CNC(=O)[C@H]2CCCN(c3ccnc(-c4ccc(C)cc4)n3)C2)cc1. The Balaban J connectivity index is 1.35. The van der Waals surface area contributed by atoms with Crippen LogP contribution < -0.4 is 15.0 Å². The Labute approximate surface area is 196 Å². The number of rotatable bonds is 8. The van der Waals surface area contributed by atoms with E-state index in [4.69, 9.17) is 9.72 Å². The van der Waals surface area contributed by atoms with Crippen LogP contribution in [0.5, 0.6) is 5.75 Å². The highest BCUT2D eigenvalue weighted by Gasteiger charge is 2.26. The Morgan fingerprint density at radius 1 is 1.12 bits per heavy atom. The van der Waals surface area contributed by atoms with Gasteiger partial charge in [0.05, 0.1) is 12.5 Å². The number of nitrogens with zero attached hydrogens (tertiary/aromatic N) is 3. The molecule has 0 spiro atoms. The molecule has 2 heterocycles. The molecule has 1 saturated heterocycles. The van der Waals surface area contributed by atoms with E-state index in [0.29, 0.717) is 25.5 Å². The van der Waals surface area contributed by atoms with E-state index in [9.17, 15) is 4.79 Å². The lowest BCUT2D eigenvalue weighted by Gasteiger charge is -2.33. The highest BCUT2D eigenvalue weighted by molar-refractivity contribution is 5.79. The van der Waals surface area contributed by atoms with E-state index >= 15 is 0 Å². The van der Waals surface area contributed by atoms with Gasteiger partial charge in [-0.3, -0.25) is 4.79 Å². The summed E-state index contributed by atoms with van der Waals surface area (Å²) in [5, 5.41) is 3.11. The number of hydrogen-bond acceptors (Lipinski definition) is 5. The van der Waals surface area contributed by atoms with Crippen LogP contribution in [0, 0.1) is 12.8 Å². The van der Waals surface area contributed by atoms with Crippen LogP contribution in [0.3, 0.4) is 0 Å². The van der Waals surface area contributed by atoms with Gasteiger partial charge in [0.25, 0.3) is 0 Å². The van der Waals surface area contributed by atoms with Crippen molar-refractivity contribution in [3.8, 4) is 17.1 Å². The average Bonchev–Trinajstić information content (AvgIpc) is 2.87. The fourth-order valence-electron chi connectivity index (χ4n) is 4.02. The Hall–Kier alpha value is -3.41. The van der Waals surface area contributed by atoms with Crippen LogP contribution in [0.15, 0.2) is 60.8 Å². The van der Waals surface area contributed by atoms with Gasteiger partial charge in [-0.1, -0.05) is 48.9 Å². The van der Waals surface area contributed by atoms with Crippen LogP contribution in [0.25, 0.3) is 11.4 Å². The van der Waals surface area contributed by atoms with Gasteiger partial charge in [0, 0.05) is 31.4 Å². The summed E-state index contributed by atoms with van der Waals surface area (Å²) in [4.78, 5) is 24.3. The highest BCUT2D eigenvalue weighted by atomic mass is 16.5. The van der Waals surface area contributed by atoms with E-state index in [1.54, 1.807) is 6.20 Å². The van der Waals surface area contributed by atoms with Crippen molar-refractivity contribution in [2.45, 2.75) is 39.7 Å². The average molecular weight is 445 g/mol. The number of amides is 1. The topological polar surface area (TPSA) is 67.3 Å². The second-order valence-corrected chi connectivity index (χ2v) is 8.60. The summed E-state index contributed by atoms with van der Waals surface area (Å²) in [6.07, 6.45) is 4.64. The maximum atomic E-state index is 12.9. The van der Waals surface area contributed by atoms with Gasteiger partial charge in [0.1, 0.15) is 11.6 Å². The number of nitrogens with one attached hydrogen (secondary N) is 1. The first-order valence-electron chi connectivity index (χ1n) is 11.8. The zero-order chi connectivity index (χ0) is 23.0. The highest BCUT2D eigenvalue weighted by Crippen LogP contribution is 2.24. The molecule has 0 unspecified atom stereocenters. The first-order chi connectivity index (χ1) is 16.1. The van der Waals surface area contributed by atoms with Crippen LogP contribution in [-0.2, 0) is 11.3 Å². The fraction of sp³-hybridized carbons (Fsp3) is 0.370. The molecule has 2 aromatic carbocycles. The number of hydrogen-bond donors (Lipinski definition) is 1. The number of piperidine rings is 1. The largest absolute Gasteiger partial charge is 0.494 e. The number of carbonyl (C=O) groups is 1. The van der Waals surface area contributed by atoms with Crippen molar-refractivity contribution >= 4 is 11.7 Å². The molecule has 0 saturated carbocycles. The monoisotopic (exact) mass is 444 g/mol. The number of aryl methyl sites for hydroxylation is 1. The van der Waals surface area contributed by atoms with E-state index < -0.39 is 0 Å². The minimum absolute atomic E-state index is 0.0521. The fourth-order valence-corrected chi connectivity index (χ4v) is 4.02. The summed E-state index contributed by atoms with van der Waals surface area (Å²) in [6.45, 7) is 6.95. The van der Waals surface area contributed by atoms with Gasteiger partial charge in [-0.15, -0.1) is 0 Å². The van der Waals surface area contributed by atoms with Crippen molar-refractivity contribution in [2.24, 2.45) is 5.92 Å². The lowest BCUT2D eigenvalue weighted by Crippen LogP contribution is -2.43. The van der Waals surface area contributed by atoms with Crippen molar-refractivity contribution < 1.29 is 9.53 Å². The van der Waals surface area contributed by atoms with Crippen molar-refractivity contribution in [3.05, 3.63) is 71.9 Å². The number of benzene rings is 2. The van der Waals surface area contributed by atoms with Crippen molar-refractivity contribution in [3.63, 3.8) is 0 Å². The molecule has 172 valence electrons. The van der Waals surface area contributed by atoms with E-state index in [1.165, 1.54) is 5.56 Å². The molecule has 1 atom stereocenters. The molecule has 1 fully saturated rings. The first kappa shape index (κ1) is 22.8. The van der Waals surface area contributed by atoms with Crippen LogP contribution in [0.1, 0.15) is 37.3 Å². The van der Waals surface area contributed by atoms with Gasteiger partial charge in [0.2, 0.25) is 5.91 Å². The minimum Gasteiger partial charge on any atom is -0.494 e. The van der Waals surface area contributed by atoms with Crippen molar-refractivity contribution in [2.75, 3.05) is 24.6 Å². The molecule has 0 aliphatic carbocycles. The summed E-state index contributed by atoms with van der Waals surface area (Å²) in [5.74, 6) is 2.50. The summed E-state index contributed by atoms with van der Waals surface area (Å²) in [7, 11) is 0. The van der Waals surface area contributed by atoms with Gasteiger partial charge in [-0.05, 0) is 49.9 Å². The van der Waals surface area contributed by atoms with E-state index in [1.807, 2.05) is 42.5 Å². The third kappa shape index (κ3) is 6.09. The van der Waals surface area contributed by atoms with Gasteiger partial charge in [0.15, 0.2) is 5.82 Å². The molecule has 4 rings (SSSR count). The van der Waals surface area contributed by atoms with Gasteiger partial charge in [-0.2, -0.15) is 0 Å². The zero-order valence-electron chi connectivity index (χ0n) is 19.5. The zero-order valence-corrected chi connectivity index (χ0v) is 19.5. The van der Waals surface area contributed by atoms with Gasteiger partial charge < -0.3 is 15.0 Å². The normalized spacial score (nSPS) is 15.8. The molecule has 1 aliphatic heterocycles. The predicted molar refractivity (Wildman–Crippen MR) is 131 cm³/mol. The van der Waals surface area contributed by atoms with Crippen LogP contribution in [0.2, 0.25) is 0 Å². The molecule has 1 N–H and O–H groups in total. The minimum atomic E-state index is -0.0521.